The van der Waals surface area contributed by atoms with Crippen molar-refractivity contribution in [1.82, 2.24) is 30.6 Å². The Labute approximate surface area is 340 Å². The number of amides is 2. The first-order valence-electron chi connectivity index (χ1n) is 19.1. The lowest BCUT2D eigenvalue weighted by Crippen LogP contribution is -2.48. The fourth-order valence-electron chi connectivity index (χ4n) is 7.17. The Hall–Kier alpha value is -6.32. The van der Waals surface area contributed by atoms with E-state index < -0.39 is 18.1 Å². The van der Waals surface area contributed by atoms with Gasteiger partial charge in [-0.05, 0) is 71.9 Å². The molecule has 0 spiro atoms. The van der Waals surface area contributed by atoms with E-state index >= 15 is 0 Å². The molecule has 2 unspecified atom stereocenters. The Morgan fingerprint density at radius 1 is 1.00 bits per heavy atom. The number of anilines is 2. The Balaban J connectivity index is 0.931. The number of aryl methyl sites for hydroxylation is 1. The topological polar surface area (TPSA) is 202 Å². The molecule has 4 heterocycles. The average molecular weight is 803 g/mol. The molecule has 2 amide bonds. The molecule has 1 aliphatic heterocycles. The summed E-state index contributed by atoms with van der Waals surface area (Å²) in [5.74, 6) is -0.675. The summed E-state index contributed by atoms with van der Waals surface area (Å²) >= 11 is 1.58. The molecular formula is C43H46N8O6S. The summed E-state index contributed by atoms with van der Waals surface area (Å²) in [5.41, 5.74) is 14.4. The van der Waals surface area contributed by atoms with Crippen molar-refractivity contribution in [2.45, 2.75) is 58.2 Å². The molecule has 15 heteroatoms. The number of likely N-dealkylation sites (tertiary alicyclic amines) is 1. The van der Waals surface area contributed by atoms with Crippen molar-refractivity contribution in [3.8, 4) is 44.5 Å². The van der Waals surface area contributed by atoms with Crippen LogP contribution in [-0.4, -0.2) is 79.1 Å². The number of carbonyl (C=O) groups excluding carboxylic acids is 2. The highest BCUT2D eigenvalue weighted by atomic mass is 32.1. The standard InChI is InChI=1S/C43H46N8O6S/c1-24(2)39(43(55)51-22-31(52)19-35(51)42(54)47-25(3)27-9-11-29(12-10-27)40-26(4)46-23-58-40)37-21-38(50-57-37)56-18-17-45-30-15-13-28(14-16-30)33-20-34(48-49-41(33)44)32-7-5-6-8-36(32)53/h5-16,20-21,23-25,31,35,39,45,52-53H,17-19,22H2,1-4H3,(H2,44,49)(H,47,54)/t25?,31-,35+,39?/m1/s1. The number of thiazole rings is 1. The van der Waals surface area contributed by atoms with Crippen molar-refractivity contribution in [2.24, 2.45) is 5.92 Å². The number of phenols is 1. The van der Waals surface area contributed by atoms with E-state index in [9.17, 15) is 19.8 Å². The summed E-state index contributed by atoms with van der Waals surface area (Å²) in [7, 11) is 0. The number of phenolic OH excluding ortho intramolecular Hbond substituents is 1. The lowest BCUT2D eigenvalue weighted by molar-refractivity contribution is -0.141. The number of carbonyl (C=O) groups is 2. The molecule has 0 bridgehead atoms. The number of nitrogens with one attached hydrogen (secondary N) is 2. The molecule has 300 valence electrons. The van der Waals surface area contributed by atoms with Crippen LogP contribution >= 0.6 is 11.3 Å². The largest absolute Gasteiger partial charge is 0.507 e. The number of aliphatic hydroxyl groups excluding tert-OH is 1. The summed E-state index contributed by atoms with van der Waals surface area (Å²) in [6.45, 7) is 8.40. The van der Waals surface area contributed by atoms with Gasteiger partial charge in [-0.25, -0.2) is 4.98 Å². The highest BCUT2D eigenvalue weighted by Crippen LogP contribution is 2.35. The number of nitrogens with zero attached hydrogens (tertiary/aromatic N) is 5. The summed E-state index contributed by atoms with van der Waals surface area (Å²) in [5, 5.41) is 39.6. The summed E-state index contributed by atoms with van der Waals surface area (Å²) in [6.07, 6.45) is -0.704. The smallest absolute Gasteiger partial charge is 0.254 e. The van der Waals surface area contributed by atoms with Crippen molar-refractivity contribution in [3.63, 3.8) is 0 Å². The minimum absolute atomic E-state index is 0.0354. The van der Waals surface area contributed by atoms with Crippen LogP contribution in [0.4, 0.5) is 11.5 Å². The molecule has 1 fully saturated rings. The third kappa shape index (κ3) is 8.80. The van der Waals surface area contributed by atoms with E-state index in [1.807, 2.05) is 87.8 Å². The number of para-hydroxylation sites is 1. The van der Waals surface area contributed by atoms with Crippen LogP contribution < -0.4 is 21.1 Å². The van der Waals surface area contributed by atoms with Crippen LogP contribution in [0.15, 0.2) is 95.0 Å². The molecule has 14 nitrogen and oxygen atoms in total. The molecule has 7 rings (SSSR count). The zero-order chi connectivity index (χ0) is 40.9. The van der Waals surface area contributed by atoms with Gasteiger partial charge in [-0.3, -0.25) is 9.59 Å². The molecule has 0 radical (unpaired) electrons. The van der Waals surface area contributed by atoms with Crippen molar-refractivity contribution in [2.75, 3.05) is 30.7 Å². The van der Waals surface area contributed by atoms with Gasteiger partial charge < -0.3 is 40.7 Å². The number of nitrogens with two attached hydrogens (primary N) is 1. The van der Waals surface area contributed by atoms with E-state index in [1.54, 1.807) is 41.7 Å². The molecule has 0 saturated carbocycles. The summed E-state index contributed by atoms with van der Waals surface area (Å²) in [4.78, 5) is 34.6. The summed E-state index contributed by atoms with van der Waals surface area (Å²) < 4.78 is 11.5. The molecule has 1 aliphatic rings. The number of aromatic hydroxyl groups is 1. The third-order valence-electron chi connectivity index (χ3n) is 10.3. The molecule has 3 aromatic heterocycles. The van der Waals surface area contributed by atoms with Gasteiger partial charge in [0.25, 0.3) is 5.88 Å². The van der Waals surface area contributed by atoms with Gasteiger partial charge in [0, 0.05) is 42.4 Å². The third-order valence-corrected chi connectivity index (χ3v) is 11.2. The minimum Gasteiger partial charge on any atom is -0.507 e. The zero-order valence-corrected chi connectivity index (χ0v) is 33.4. The molecule has 6 aromatic rings. The summed E-state index contributed by atoms with van der Waals surface area (Å²) in [6, 6.07) is 24.8. The predicted octanol–water partition coefficient (Wildman–Crippen LogP) is 6.59. The first-order valence-corrected chi connectivity index (χ1v) is 20.0. The van der Waals surface area contributed by atoms with Gasteiger partial charge in [-0.2, -0.15) is 0 Å². The number of aliphatic hydroxyl groups is 1. The molecule has 6 N–H and O–H groups in total. The second kappa shape index (κ2) is 17.4. The molecule has 0 aliphatic carbocycles. The van der Waals surface area contributed by atoms with E-state index in [0.29, 0.717) is 29.1 Å². The highest BCUT2D eigenvalue weighted by Gasteiger charge is 2.43. The Bertz CT molecular complexity index is 2360. The quantitative estimate of drug-likeness (QED) is 0.0741. The number of ether oxygens (including phenoxy) is 1. The molecule has 1 saturated heterocycles. The van der Waals surface area contributed by atoms with Crippen LogP contribution in [-0.2, 0) is 9.59 Å². The normalized spacial score (nSPS) is 16.3. The monoisotopic (exact) mass is 802 g/mol. The fourth-order valence-corrected chi connectivity index (χ4v) is 7.99. The van der Waals surface area contributed by atoms with E-state index in [2.05, 4.69) is 31.0 Å². The number of benzene rings is 3. The van der Waals surface area contributed by atoms with E-state index in [4.69, 9.17) is 15.0 Å². The maximum absolute atomic E-state index is 14.1. The van der Waals surface area contributed by atoms with Gasteiger partial charge in [0.1, 0.15) is 24.3 Å². The van der Waals surface area contributed by atoms with Gasteiger partial charge in [0.15, 0.2) is 11.6 Å². The maximum atomic E-state index is 14.1. The van der Waals surface area contributed by atoms with Crippen LogP contribution in [0.2, 0.25) is 0 Å². The van der Waals surface area contributed by atoms with Crippen molar-refractivity contribution in [1.29, 1.82) is 0 Å². The van der Waals surface area contributed by atoms with Gasteiger partial charge in [-0.15, -0.1) is 21.5 Å². The van der Waals surface area contributed by atoms with Gasteiger partial charge >= 0.3 is 0 Å². The number of hydrogen-bond donors (Lipinski definition) is 5. The highest BCUT2D eigenvalue weighted by molar-refractivity contribution is 7.13. The first-order chi connectivity index (χ1) is 28.0. The molecule has 58 heavy (non-hydrogen) atoms. The number of β-amino-alcohol motifs (C(OH)–C–C–N with tert-alkyl or cyclic N) is 1. The van der Waals surface area contributed by atoms with Gasteiger partial charge in [-0.1, -0.05) is 62.4 Å². The number of rotatable bonds is 14. The zero-order valence-electron chi connectivity index (χ0n) is 32.6. The molecule has 3 aromatic carbocycles. The van der Waals surface area contributed by atoms with Gasteiger partial charge in [0.2, 0.25) is 11.8 Å². The first kappa shape index (κ1) is 39.9. The SMILES string of the molecule is Cc1ncsc1-c1ccc(C(C)NC(=O)[C@@H]2C[C@@H](O)CN2C(=O)C(c2cc(OCCNc3ccc(-c4cc(-c5ccccc5O)nnc4N)cc3)no2)C(C)C)cc1. The van der Waals surface area contributed by atoms with Crippen LogP contribution in [0.25, 0.3) is 32.8 Å². The van der Waals surface area contributed by atoms with E-state index in [-0.39, 0.29) is 60.8 Å². The van der Waals surface area contributed by atoms with Crippen LogP contribution in [0.1, 0.15) is 56.2 Å². The maximum Gasteiger partial charge on any atom is 0.254 e. The predicted molar refractivity (Wildman–Crippen MR) is 222 cm³/mol. The van der Waals surface area contributed by atoms with Crippen LogP contribution in [0.5, 0.6) is 11.6 Å². The minimum atomic E-state index is -0.843. The number of hydrogen-bond acceptors (Lipinski definition) is 13. The Morgan fingerprint density at radius 3 is 2.45 bits per heavy atom. The van der Waals surface area contributed by atoms with E-state index in [1.165, 1.54) is 4.90 Å². The van der Waals surface area contributed by atoms with Gasteiger partial charge in [0.05, 0.1) is 33.9 Å². The lowest BCUT2D eigenvalue weighted by atomic mass is 9.91. The van der Waals surface area contributed by atoms with Crippen molar-refractivity contribution in [3.05, 3.63) is 107 Å². The fraction of sp³-hybridized carbons (Fsp3) is 0.302. The van der Waals surface area contributed by atoms with Crippen LogP contribution in [0.3, 0.4) is 0 Å². The van der Waals surface area contributed by atoms with Crippen molar-refractivity contribution >= 4 is 34.7 Å². The lowest BCUT2D eigenvalue weighted by Gasteiger charge is -2.29. The second-order valence-electron chi connectivity index (χ2n) is 14.7. The van der Waals surface area contributed by atoms with Crippen LogP contribution in [0, 0.1) is 12.8 Å². The average Bonchev–Trinajstić information content (AvgIpc) is 3.97. The number of nitrogen functional groups attached to an aromatic ring is 1. The molecule has 4 atom stereocenters. The molecular weight excluding hydrogens is 757 g/mol. The Morgan fingerprint density at radius 2 is 1.74 bits per heavy atom. The Kier molecular flexibility index (Phi) is 12.0. The van der Waals surface area contributed by atoms with Crippen molar-refractivity contribution < 1.29 is 29.1 Å². The van der Waals surface area contributed by atoms with E-state index in [0.717, 1.165) is 32.9 Å². The second-order valence-corrected chi connectivity index (χ2v) is 15.6. The number of aromatic nitrogens is 4.